The second kappa shape index (κ2) is 8.13. The number of hydrogen-bond donors (Lipinski definition) is 2. The summed E-state index contributed by atoms with van der Waals surface area (Å²) in [6.07, 6.45) is 0.820. The first kappa shape index (κ1) is 19.3. The monoisotopic (exact) mass is 406 g/mol. The minimum absolute atomic E-state index is 0.0675. The highest BCUT2D eigenvalue weighted by Gasteiger charge is 2.44. The highest BCUT2D eigenvalue weighted by atomic mass is 32.1. The Bertz CT molecular complexity index is 1030. The van der Waals surface area contributed by atoms with E-state index in [4.69, 9.17) is 0 Å². The molecule has 0 unspecified atom stereocenters. The van der Waals surface area contributed by atoms with E-state index in [-0.39, 0.29) is 23.7 Å². The molecule has 0 saturated heterocycles. The summed E-state index contributed by atoms with van der Waals surface area (Å²) < 4.78 is 0. The van der Waals surface area contributed by atoms with Crippen LogP contribution in [0.1, 0.15) is 30.4 Å². The summed E-state index contributed by atoms with van der Waals surface area (Å²) in [7, 11) is 0. The van der Waals surface area contributed by atoms with Gasteiger partial charge in [-0.2, -0.15) is 0 Å². The predicted molar refractivity (Wildman–Crippen MR) is 114 cm³/mol. The fraction of sp³-hybridized carbons (Fsp3) is 0.273. The minimum atomic E-state index is -0.647. The Kier molecular flexibility index (Phi) is 5.40. The Hall–Kier alpha value is -3.06. The average molecular weight is 407 g/mol. The van der Waals surface area contributed by atoms with Gasteiger partial charge in [0.15, 0.2) is 0 Å². The molecule has 4 rings (SSSR count). The van der Waals surface area contributed by atoms with E-state index in [9.17, 15) is 9.59 Å². The van der Waals surface area contributed by atoms with Gasteiger partial charge in [0.2, 0.25) is 16.9 Å². The number of amides is 2. The molecular weight excluding hydrogens is 384 g/mol. The van der Waals surface area contributed by atoms with Crippen molar-refractivity contribution >= 4 is 28.3 Å². The maximum atomic E-state index is 12.5. The Labute approximate surface area is 173 Å². The third-order valence-corrected chi connectivity index (χ3v) is 5.91. The number of aromatic nitrogens is 2. The molecule has 2 amide bonds. The van der Waals surface area contributed by atoms with Crippen LogP contribution in [-0.2, 0) is 9.59 Å². The van der Waals surface area contributed by atoms with E-state index in [0.717, 1.165) is 22.6 Å². The summed E-state index contributed by atoms with van der Waals surface area (Å²) in [5.74, 6) is -0.213. The molecule has 1 fully saturated rings. The SMILES string of the molecule is Cc1cccc(-c2nnc(NC(=O)[C@H](C)NC(=O)[C@H]3C[C@H]3c3ccccc3)s2)c1. The molecule has 1 aliphatic carbocycles. The predicted octanol–water partition coefficient (Wildman–Crippen LogP) is 3.76. The number of nitrogens with zero attached hydrogens (tertiary/aromatic N) is 2. The van der Waals surface area contributed by atoms with Crippen LogP contribution in [0.2, 0.25) is 0 Å². The normalized spacial score (nSPS) is 18.7. The fourth-order valence-corrected chi connectivity index (χ4v) is 4.06. The van der Waals surface area contributed by atoms with Crippen molar-refractivity contribution in [2.24, 2.45) is 5.92 Å². The molecule has 0 bridgehead atoms. The van der Waals surface area contributed by atoms with Gasteiger partial charge in [-0.05, 0) is 37.8 Å². The third-order valence-electron chi connectivity index (χ3n) is 5.03. The fourth-order valence-electron chi connectivity index (χ4n) is 3.32. The van der Waals surface area contributed by atoms with Crippen molar-refractivity contribution in [1.82, 2.24) is 15.5 Å². The second-order valence-electron chi connectivity index (χ2n) is 7.36. The van der Waals surface area contributed by atoms with E-state index in [0.29, 0.717) is 5.13 Å². The minimum Gasteiger partial charge on any atom is -0.344 e. The van der Waals surface area contributed by atoms with Gasteiger partial charge in [-0.25, -0.2) is 0 Å². The van der Waals surface area contributed by atoms with Gasteiger partial charge in [0.05, 0.1) is 0 Å². The van der Waals surface area contributed by atoms with Gasteiger partial charge >= 0.3 is 0 Å². The molecule has 2 N–H and O–H groups in total. The highest BCUT2D eigenvalue weighted by Crippen LogP contribution is 2.47. The van der Waals surface area contributed by atoms with E-state index < -0.39 is 6.04 Å². The molecule has 1 heterocycles. The first-order chi connectivity index (χ1) is 14.0. The van der Waals surface area contributed by atoms with Crippen molar-refractivity contribution in [3.63, 3.8) is 0 Å². The van der Waals surface area contributed by atoms with E-state index in [1.165, 1.54) is 16.9 Å². The summed E-state index contributed by atoms with van der Waals surface area (Å²) in [6, 6.07) is 17.3. The van der Waals surface area contributed by atoms with Gasteiger partial charge in [-0.3, -0.25) is 14.9 Å². The van der Waals surface area contributed by atoms with Crippen molar-refractivity contribution in [2.45, 2.75) is 32.2 Å². The summed E-state index contributed by atoms with van der Waals surface area (Å²) in [6.45, 7) is 3.69. The molecule has 3 atom stereocenters. The van der Waals surface area contributed by atoms with Crippen LogP contribution in [0.15, 0.2) is 54.6 Å². The molecule has 2 aromatic carbocycles. The summed E-state index contributed by atoms with van der Waals surface area (Å²) in [5, 5.41) is 14.9. The van der Waals surface area contributed by atoms with Crippen LogP contribution >= 0.6 is 11.3 Å². The Morgan fingerprint density at radius 2 is 1.90 bits per heavy atom. The van der Waals surface area contributed by atoms with Crippen molar-refractivity contribution < 1.29 is 9.59 Å². The highest BCUT2D eigenvalue weighted by molar-refractivity contribution is 7.18. The molecule has 0 aliphatic heterocycles. The zero-order valence-electron chi connectivity index (χ0n) is 16.3. The average Bonchev–Trinajstić information content (AvgIpc) is 3.40. The van der Waals surface area contributed by atoms with Crippen LogP contribution < -0.4 is 10.6 Å². The van der Waals surface area contributed by atoms with Crippen molar-refractivity contribution in [3.05, 3.63) is 65.7 Å². The van der Waals surface area contributed by atoms with Gasteiger partial charge in [0.1, 0.15) is 11.0 Å². The summed E-state index contributed by atoms with van der Waals surface area (Å²) in [4.78, 5) is 24.9. The molecule has 1 aromatic heterocycles. The Morgan fingerprint density at radius 3 is 2.66 bits per heavy atom. The van der Waals surface area contributed by atoms with E-state index >= 15 is 0 Å². The molecule has 29 heavy (non-hydrogen) atoms. The second-order valence-corrected chi connectivity index (χ2v) is 8.34. The Morgan fingerprint density at radius 1 is 1.10 bits per heavy atom. The molecule has 7 heteroatoms. The van der Waals surface area contributed by atoms with Crippen LogP contribution in [0, 0.1) is 12.8 Å². The first-order valence-corrected chi connectivity index (χ1v) is 10.4. The van der Waals surface area contributed by atoms with Crippen molar-refractivity contribution in [3.8, 4) is 10.6 Å². The number of carbonyl (C=O) groups excluding carboxylic acids is 2. The summed E-state index contributed by atoms with van der Waals surface area (Å²) in [5.41, 5.74) is 3.26. The quantitative estimate of drug-likeness (QED) is 0.653. The van der Waals surface area contributed by atoms with Gasteiger partial charge in [-0.15, -0.1) is 10.2 Å². The van der Waals surface area contributed by atoms with Crippen LogP contribution in [0.4, 0.5) is 5.13 Å². The van der Waals surface area contributed by atoms with Crippen LogP contribution in [0.25, 0.3) is 10.6 Å². The molecule has 148 valence electrons. The first-order valence-electron chi connectivity index (χ1n) is 9.58. The number of nitrogens with one attached hydrogen (secondary N) is 2. The number of hydrogen-bond acceptors (Lipinski definition) is 5. The Balaban J connectivity index is 1.32. The lowest BCUT2D eigenvalue weighted by Gasteiger charge is -2.12. The molecule has 0 radical (unpaired) electrons. The van der Waals surface area contributed by atoms with E-state index in [2.05, 4.69) is 20.8 Å². The maximum absolute atomic E-state index is 12.5. The van der Waals surface area contributed by atoms with Gasteiger partial charge in [0, 0.05) is 11.5 Å². The summed E-state index contributed by atoms with van der Waals surface area (Å²) >= 11 is 1.31. The maximum Gasteiger partial charge on any atom is 0.248 e. The largest absolute Gasteiger partial charge is 0.344 e. The zero-order chi connectivity index (χ0) is 20.4. The van der Waals surface area contributed by atoms with Crippen molar-refractivity contribution in [2.75, 3.05) is 5.32 Å². The number of rotatable bonds is 6. The van der Waals surface area contributed by atoms with Gasteiger partial charge in [0.25, 0.3) is 0 Å². The van der Waals surface area contributed by atoms with Crippen LogP contribution in [-0.4, -0.2) is 28.1 Å². The molecule has 1 saturated carbocycles. The van der Waals surface area contributed by atoms with Crippen molar-refractivity contribution in [1.29, 1.82) is 0 Å². The third kappa shape index (κ3) is 4.51. The van der Waals surface area contributed by atoms with Crippen LogP contribution in [0.3, 0.4) is 0 Å². The standard InChI is InChI=1S/C22H22N4O2S/c1-13-7-6-10-16(11-13)21-25-26-22(29-21)24-19(27)14(2)23-20(28)18-12-17(18)15-8-4-3-5-9-15/h3-11,14,17-18H,12H2,1-2H3,(H,23,28)(H,24,26,27)/t14-,17-,18-/m0/s1. The lowest BCUT2D eigenvalue weighted by atomic mass is 10.1. The molecular formula is C22H22N4O2S. The van der Waals surface area contributed by atoms with E-state index in [1.54, 1.807) is 6.92 Å². The molecule has 0 spiro atoms. The smallest absolute Gasteiger partial charge is 0.248 e. The van der Waals surface area contributed by atoms with E-state index in [1.807, 2.05) is 61.5 Å². The number of carbonyl (C=O) groups is 2. The van der Waals surface area contributed by atoms with Crippen LogP contribution in [0.5, 0.6) is 0 Å². The molecule has 1 aliphatic rings. The lowest BCUT2D eigenvalue weighted by Crippen LogP contribution is -2.42. The number of anilines is 1. The molecule has 6 nitrogen and oxygen atoms in total. The number of benzene rings is 2. The van der Waals surface area contributed by atoms with Gasteiger partial charge in [-0.1, -0.05) is 65.4 Å². The molecule has 3 aromatic rings. The number of aryl methyl sites for hydroxylation is 1. The van der Waals surface area contributed by atoms with Gasteiger partial charge < -0.3 is 5.32 Å². The topological polar surface area (TPSA) is 84.0 Å². The lowest BCUT2D eigenvalue weighted by molar-refractivity contribution is -0.127. The zero-order valence-corrected chi connectivity index (χ0v) is 17.1.